The molecule has 31 heavy (non-hydrogen) atoms. The van der Waals surface area contributed by atoms with Crippen molar-refractivity contribution < 1.29 is 26.4 Å². The predicted octanol–water partition coefficient (Wildman–Crippen LogP) is 1.58. The fourth-order valence-electron chi connectivity index (χ4n) is 2.54. The number of carbonyl (C=O) groups excluding carboxylic acids is 1. The maximum absolute atomic E-state index is 12.6. The van der Waals surface area contributed by atoms with Crippen LogP contribution in [0.1, 0.15) is 12.5 Å². The molecular formula is C19H24ClN3O6S2. The fourth-order valence-corrected chi connectivity index (χ4v) is 5.08. The van der Waals surface area contributed by atoms with E-state index in [2.05, 4.69) is 10.0 Å². The highest BCUT2D eigenvalue weighted by Crippen LogP contribution is 2.27. The van der Waals surface area contributed by atoms with Gasteiger partial charge >= 0.3 is 0 Å². The molecule has 0 aliphatic rings. The maximum atomic E-state index is 12.6. The average Bonchev–Trinajstić information content (AvgIpc) is 2.71. The van der Waals surface area contributed by atoms with Crippen molar-refractivity contribution in [1.82, 2.24) is 14.3 Å². The molecular weight excluding hydrogens is 466 g/mol. The van der Waals surface area contributed by atoms with Gasteiger partial charge in [0.15, 0.2) is 0 Å². The van der Waals surface area contributed by atoms with Gasteiger partial charge in [0.2, 0.25) is 26.0 Å². The van der Waals surface area contributed by atoms with Crippen LogP contribution in [0.2, 0.25) is 5.02 Å². The second-order valence-electron chi connectivity index (χ2n) is 6.79. The summed E-state index contributed by atoms with van der Waals surface area (Å²) in [5.41, 5.74) is 0.651. The molecule has 12 heteroatoms. The minimum Gasteiger partial charge on any atom is -0.495 e. The first kappa shape index (κ1) is 25.1. The van der Waals surface area contributed by atoms with E-state index in [0.717, 1.165) is 4.31 Å². The van der Waals surface area contributed by atoms with Gasteiger partial charge in [-0.05, 0) is 42.8 Å². The summed E-state index contributed by atoms with van der Waals surface area (Å²) in [6.07, 6.45) is 0. The van der Waals surface area contributed by atoms with Gasteiger partial charge in [-0.2, -0.15) is 4.72 Å². The average molecular weight is 490 g/mol. The van der Waals surface area contributed by atoms with Crippen LogP contribution in [0, 0.1) is 0 Å². The number of ether oxygens (including phenoxy) is 1. The molecule has 2 rings (SSSR count). The molecule has 0 fully saturated rings. The maximum Gasteiger partial charge on any atom is 0.245 e. The van der Waals surface area contributed by atoms with Gasteiger partial charge in [0, 0.05) is 25.7 Å². The third-order valence-electron chi connectivity index (χ3n) is 4.31. The Bertz CT molecular complexity index is 1150. The molecule has 0 spiro atoms. The number of hydrogen-bond acceptors (Lipinski definition) is 6. The normalized spacial score (nSPS) is 13.1. The molecule has 1 amide bonds. The Hall–Kier alpha value is -2.18. The number of halogens is 1. The minimum atomic E-state index is -4.07. The molecule has 0 radical (unpaired) electrons. The molecule has 0 saturated carbocycles. The van der Waals surface area contributed by atoms with Gasteiger partial charge in [0.1, 0.15) is 10.6 Å². The first-order chi connectivity index (χ1) is 14.4. The molecule has 1 atom stereocenters. The Morgan fingerprint density at radius 1 is 1.10 bits per heavy atom. The van der Waals surface area contributed by atoms with Crippen molar-refractivity contribution in [2.75, 3.05) is 21.2 Å². The smallest absolute Gasteiger partial charge is 0.245 e. The quantitative estimate of drug-likeness (QED) is 0.551. The second-order valence-corrected chi connectivity index (χ2v) is 11.1. The number of nitrogens with zero attached hydrogens (tertiary/aromatic N) is 1. The summed E-state index contributed by atoms with van der Waals surface area (Å²) in [6, 6.07) is 9.08. The first-order valence-electron chi connectivity index (χ1n) is 9.03. The Morgan fingerprint density at radius 2 is 1.71 bits per heavy atom. The van der Waals surface area contributed by atoms with Crippen molar-refractivity contribution in [2.45, 2.75) is 29.3 Å². The highest BCUT2D eigenvalue weighted by molar-refractivity contribution is 7.89. The predicted molar refractivity (Wildman–Crippen MR) is 117 cm³/mol. The lowest BCUT2D eigenvalue weighted by Gasteiger charge is -2.16. The van der Waals surface area contributed by atoms with Crippen LogP contribution in [0.25, 0.3) is 0 Å². The van der Waals surface area contributed by atoms with E-state index in [1.54, 1.807) is 12.1 Å². The zero-order valence-corrected chi connectivity index (χ0v) is 19.8. The van der Waals surface area contributed by atoms with Crippen LogP contribution in [-0.2, 0) is 31.4 Å². The summed E-state index contributed by atoms with van der Waals surface area (Å²) in [7, 11) is -3.42. The number of rotatable bonds is 9. The largest absolute Gasteiger partial charge is 0.495 e. The van der Waals surface area contributed by atoms with Gasteiger partial charge in [-0.25, -0.2) is 21.1 Å². The summed E-state index contributed by atoms with van der Waals surface area (Å²) in [5, 5.41) is 2.82. The summed E-state index contributed by atoms with van der Waals surface area (Å²) < 4.78 is 57.9. The second kappa shape index (κ2) is 9.96. The summed E-state index contributed by atoms with van der Waals surface area (Å²) in [5.74, 6) is -0.466. The third kappa shape index (κ3) is 6.17. The number of sulfonamides is 2. The molecule has 2 aromatic rings. The Kier molecular flexibility index (Phi) is 8.06. The first-order valence-corrected chi connectivity index (χ1v) is 12.3. The van der Waals surface area contributed by atoms with Crippen LogP contribution in [-0.4, -0.2) is 54.3 Å². The van der Waals surface area contributed by atoms with Gasteiger partial charge in [-0.15, -0.1) is 0 Å². The molecule has 0 aliphatic carbocycles. The molecule has 0 saturated heterocycles. The van der Waals surface area contributed by atoms with Crippen LogP contribution in [0.4, 0.5) is 0 Å². The zero-order valence-electron chi connectivity index (χ0n) is 17.4. The van der Waals surface area contributed by atoms with E-state index >= 15 is 0 Å². The summed E-state index contributed by atoms with van der Waals surface area (Å²) in [6.45, 7) is 1.49. The molecule has 0 unspecified atom stereocenters. The summed E-state index contributed by atoms with van der Waals surface area (Å²) in [4.78, 5) is 12.3. The molecule has 0 aliphatic heterocycles. The van der Waals surface area contributed by atoms with Crippen molar-refractivity contribution in [1.29, 1.82) is 0 Å². The van der Waals surface area contributed by atoms with Gasteiger partial charge < -0.3 is 10.1 Å². The number of methoxy groups -OCH3 is 1. The molecule has 2 aromatic carbocycles. The molecule has 0 aromatic heterocycles. The van der Waals surface area contributed by atoms with Gasteiger partial charge in [-0.1, -0.05) is 23.7 Å². The number of benzene rings is 2. The number of nitrogens with one attached hydrogen (secondary N) is 2. The molecule has 2 N–H and O–H groups in total. The molecule has 0 heterocycles. The standard InChI is InChI=1S/C19H24ClN3O6S2/c1-13(22-30(25,26)18-11-15(20)7-10-17(18)29-4)19(24)21-12-14-5-8-16(9-6-14)31(27,28)23(2)3/h5-11,13,22H,12H2,1-4H3,(H,21,24)/t13-/m0/s1. The van der Waals surface area contributed by atoms with E-state index < -0.39 is 32.0 Å². The molecule has 170 valence electrons. The number of carbonyl (C=O) groups is 1. The van der Waals surface area contributed by atoms with E-state index in [4.69, 9.17) is 16.3 Å². The van der Waals surface area contributed by atoms with Gasteiger partial charge in [0.25, 0.3) is 0 Å². The number of hydrogen-bond donors (Lipinski definition) is 2. The Morgan fingerprint density at radius 3 is 2.26 bits per heavy atom. The lowest BCUT2D eigenvalue weighted by molar-refractivity contribution is -0.122. The van der Waals surface area contributed by atoms with E-state index in [1.807, 2.05) is 0 Å². The minimum absolute atomic E-state index is 0.0910. The van der Waals surface area contributed by atoms with Crippen LogP contribution in [0.5, 0.6) is 5.75 Å². The van der Waals surface area contributed by atoms with E-state index in [0.29, 0.717) is 5.56 Å². The lowest BCUT2D eigenvalue weighted by atomic mass is 10.2. The van der Waals surface area contributed by atoms with Gasteiger partial charge in [0.05, 0.1) is 18.0 Å². The number of amides is 1. The Labute approximate surface area is 187 Å². The van der Waals surface area contributed by atoms with Crippen molar-refractivity contribution in [3.8, 4) is 5.75 Å². The lowest BCUT2D eigenvalue weighted by Crippen LogP contribution is -2.44. The van der Waals surface area contributed by atoms with E-state index in [1.165, 1.54) is 58.5 Å². The monoisotopic (exact) mass is 489 g/mol. The highest BCUT2D eigenvalue weighted by atomic mass is 35.5. The van der Waals surface area contributed by atoms with E-state index in [-0.39, 0.29) is 27.1 Å². The van der Waals surface area contributed by atoms with Crippen LogP contribution in [0.15, 0.2) is 52.3 Å². The summed E-state index contributed by atoms with van der Waals surface area (Å²) >= 11 is 5.89. The van der Waals surface area contributed by atoms with E-state index in [9.17, 15) is 21.6 Å². The molecule has 9 nitrogen and oxygen atoms in total. The highest BCUT2D eigenvalue weighted by Gasteiger charge is 2.25. The van der Waals surface area contributed by atoms with Crippen LogP contribution >= 0.6 is 11.6 Å². The van der Waals surface area contributed by atoms with Crippen molar-refractivity contribution >= 4 is 37.6 Å². The van der Waals surface area contributed by atoms with Crippen LogP contribution < -0.4 is 14.8 Å². The molecule has 0 bridgehead atoms. The SMILES string of the molecule is COc1ccc(Cl)cc1S(=O)(=O)N[C@@H](C)C(=O)NCc1ccc(S(=O)(=O)N(C)C)cc1. The van der Waals surface area contributed by atoms with Crippen molar-refractivity contribution in [3.63, 3.8) is 0 Å². The topological polar surface area (TPSA) is 122 Å². The zero-order chi connectivity index (χ0) is 23.4. The van der Waals surface area contributed by atoms with Crippen molar-refractivity contribution in [2.24, 2.45) is 0 Å². The van der Waals surface area contributed by atoms with Gasteiger partial charge in [-0.3, -0.25) is 4.79 Å². The van der Waals surface area contributed by atoms with Crippen LogP contribution in [0.3, 0.4) is 0 Å². The van der Waals surface area contributed by atoms with Crippen molar-refractivity contribution in [3.05, 3.63) is 53.1 Å². The Balaban J connectivity index is 2.04. The fraction of sp³-hybridized carbons (Fsp3) is 0.316. The third-order valence-corrected chi connectivity index (χ3v) is 7.94.